The van der Waals surface area contributed by atoms with E-state index in [4.69, 9.17) is 9.47 Å². The molecule has 9 heteroatoms. The highest BCUT2D eigenvalue weighted by Crippen LogP contribution is 2.24. The summed E-state index contributed by atoms with van der Waals surface area (Å²) in [6, 6.07) is 6.26. The van der Waals surface area contributed by atoms with Crippen molar-refractivity contribution < 1.29 is 23.9 Å². The third-order valence-corrected chi connectivity index (χ3v) is 5.16. The van der Waals surface area contributed by atoms with Crippen molar-refractivity contribution in [1.29, 1.82) is 0 Å². The summed E-state index contributed by atoms with van der Waals surface area (Å²) in [5, 5.41) is 2.82. The molecular formula is C22H26N4O5. The van der Waals surface area contributed by atoms with Gasteiger partial charge in [0, 0.05) is 36.1 Å². The lowest BCUT2D eigenvalue weighted by Crippen LogP contribution is -2.39. The third-order valence-electron chi connectivity index (χ3n) is 5.16. The Bertz CT molecular complexity index is 945. The van der Waals surface area contributed by atoms with Gasteiger partial charge in [-0.2, -0.15) is 0 Å². The molecule has 164 valence electrons. The van der Waals surface area contributed by atoms with Gasteiger partial charge in [0.25, 0.3) is 0 Å². The number of hydrogen-bond acceptors (Lipinski definition) is 8. The topological polar surface area (TPSA) is 111 Å². The number of nitrogens with one attached hydrogen (secondary N) is 1. The van der Waals surface area contributed by atoms with Crippen LogP contribution in [-0.2, 0) is 14.3 Å². The SMILES string of the molecule is COC(=O)c1cc(NC(=O)C2CCN(c3nc(C)cc(C)n3)CC2)cc(C(=O)OC)c1. The second-order valence-corrected chi connectivity index (χ2v) is 7.48. The minimum absolute atomic E-state index is 0.155. The first kappa shape index (κ1) is 22.2. The van der Waals surface area contributed by atoms with Crippen LogP contribution in [0.25, 0.3) is 0 Å². The average molecular weight is 426 g/mol. The standard InChI is InChI=1S/C22H26N4O5/c1-13-9-14(2)24-22(23-13)26-7-5-15(6-8-26)19(27)25-18-11-16(20(28)30-3)10-17(12-18)21(29)31-4/h9-12,15H,5-8H2,1-4H3,(H,25,27). The van der Waals surface area contributed by atoms with Crippen molar-refractivity contribution in [3.05, 3.63) is 46.8 Å². The van der Waals surface area contributed by atoms with E-state index in [1.807, 2.05) is 19.9 Å². The lowest BCUT2D eigenvalue weighted by Gasteiger charge is -2.31. The number of benzene rings is 1. The van der Waals surface area contributed by atoms with Gasteiger partial charge in [-0.25, -0.2) is 19.6 Å². The van der Waals surface area contributed by atoms with Crippen molar-refractivity contribution in [2.75, 3.05) is 37.5 Å². The number of piperidine rings is 1. The fourth-order valence-electron chi connectivity index (χ4n) is 3.61. The number of hydrogen-bond donors (Lipinski definition) is 1. The van der Waals surface area contributed by atoms with Gasteiger partial charge in [0.2, 0.25) is 11.9 Å². The number of anilines is 2. The molecule has 0 atom stereocenters. The highest BCUT2D eigenvalue weighted by Gasteiger charge is 2.27. The Morgan fingerprint density at radius 3 is 1.90 bits per heavy atom. The van der Waals surface area contributed by atoms with E-state index in [-0.39, 0.29) is 23.0 Å². The van der Waals surface area contributed by atoms with Gasteiger partial charge in [-0.05, 0) is 51.0 Å². The van der Waals surface area contributed by atoms with Gasteiger partial charge in [-0.15, -0.1) is 0 Å². The molecule has 1 aliphatic rings. The average Bonchev–Trinajstić information content (AvgIpc) is 2.77. The molecule has 0 bridgehead atoms. The molecule has 1 amide bonds. The Hall–Kier alpha value is -3.49. The van der Waals surface area contributed by atoms with E-state index < -0.39 is 11.9 Å². The van der Waals surface area contributed by atoms with Gasteiger partial charge in [-0.1, -0.05) is 0 Å². The van der Waals surface area contributed by atoms with E-state index in [1.165, 1.54) is 32.4 Å². The lowest BCUT2D eigenvalue weighted by molar-refractivity contribution is -0.120. The van der Waals surface area contributed by atoms with Gasteiger partial charge >= 0.3 is 11.9 Å². The molecule has 0 aliphatic carbocycles. The number of nitrogens with zero attached hydrogens (tertiary/aromatic N) is 3. The summed E-state index contributed by atoms with van der Waals surface area (Å²) in [4.78, 5) is 47.7. The number of amides is 1. The van der Waals surface area contributed by atoms with Crippen molar-refractivity contribution in [3.8, 4) is 0 Å². The van der Waals surface area contributed by atoms with Crippen LogP contribution in [0, 0.1) is 19.8 Å². The largest absolute Gasteiger partial charge is 0.465 e. The molecule has 1 aromatic heterocycles. The maximum atomic E-state index is 12.8. The van der Waals surface area contributed by atoms with Crippen molar-refractivity contribution >= 4 is 29.5 Å². The summed E-state index contributed by atoms with van der Waals surface area (Å²) in [5.41, 5.74) is 2.47. The molecule has 3 rings (SSSR count). The molecule has 31 heavy (non-hydrogen) atoms. The summed E-state index contributed by atoms with van der Waals surface area (Å²) in [5.74, 6) is -0.903. The number of methoxy groups -OCH3 is 2. The molecule has 0 saturated carbocycles. The molecule has 2 heterocycles. The monoisotopic (exact) mass is 426 g/mol. The second-order valence-electron chi connectivity index (χ2n) is 7.48. The number of aryl methyl sites for hydroxylation is 2. The number of carbonyl (C=O) groups is 3. The Kier molecular flexibility index (Phi) is 6.84. The molecule has 1 fully saturated rings. The maximum Gasteiger partial charge on any atom is 0.337 e. The first-order valence-corrected chi connectivity index (χ1v) is 10.0. The molecule has 1 aliphatic heterocycles. The highest BCUT2D eigenvalue weighted by molar-refractivity contribution is 6.00. The van der Waals surface area contributed by atoms with Crippen LogP contribution >= 0.6 is 0 Å². The number of rotatable bonds is 5. The normalized spacial score (nSPS) is 14.1. The van der Waals surface area contributed by atoms with Crippen molar-refractivity contribution in [2.45, 2.75) is 26.7 Å². The summed E-state index contributed by atoms with van der Waals surface area (Å²) in [7, 11) is 2.50. The van der Waals surface area contributed by atoms with E-state index in [0.29, 0.717) is 37.6 Å². The van der Waals surface area contributed by atoms with Crippen molar-refractivity contribution in [2.24, 2.45) is 5.92 Å². The smallest absolute Gasteiger partial charge is 0.337 e. The molecule has 1 N–H and O–H groups in total. The summed E-state index contributed by atoms with van der Waals surface area (Å²) >= 11 is 0. The number of aromatic nitrogens is 2. The number of esters is 2. The zero-order valence-corrected chi connectivity index (χ0v) is 18.1. The fraction of sp³-hybridized carbons (Fsp3) is 0.409. The molecule has 0 spiro atoms. The quantitative estimate of drug-likeness (QED) is 0.726. The van der Waals surface area contributed by atoms with E-state index >= 15 is 0 Å². The Morgan fingerprint density at radius 1 is 0.903 bits per heavy atom. The van der Waals surface area contributed by atoms with E-state index in [9.17, 15) is 14.4 Å². The van der Waals surface area contributed by atoms with Crippen LogP contribution in [0.4, 0.5) is 11.6 Å². The summed E-state index contributed by atoms with van der Waals surface area (Å²) in [6.07, 6.45) is 1.28. The molecule has 9 nitrogen and oxygen atoms in total. The van der Waals surface area contributed by atoms with Crippen LogP contribution < -0.4 is 10.2 Å². The van der Waals surface area contributed by atoms with Crippen LogP contribution in [0.3, 0.4) is 0 Å². The van der Waals surface area contributed by atoms with Gasteiger partial charge in [0.1, 0.15) is 0 Å². The predicted octanol–water partition coefficient (Wildman–Crippen LogP) is 2.52. The Balaban J connectivity index is 1.69. The number of ether oxygens (including phenoxy) is 2. The van der Waals surface area contributed by atoms with Crippen molar-refractivity contribution in [1.82, 2.24) is 9.97 Å². The lowest BCUT2D eigenvalue weighted by atomic mass is 9.96. The second kappa shape index (κ2) is 9.55. The minimum Gasteiger partial charge on any atom is -0.465 e. The zero-order chi connectivity index (χ0) is 22.5. The van der Waals surface area contributed by atoms with Gasteiger partial charge in [-0.3, -0.25) is 4.79 Å². The molecule has 0 radical (unpaired) electrons. The van der Waals surface area contributed by atoms with Crippen LogP contribution in [-0.4, -0.2) is 55.1 Å². The first-order chi connectivity index (χ1) is 14.8. The molecular weight excluding hydrogens is 400 g/mol. The van der Waals surface area contributed by atoms with Crippen LogP contribution in [0.15, 0.2) is 24.3 Å². The summed E-state index contributed by atoms with van der Waals surface area (Å²) in [6.45, 7) is 5.19. The van der Waals surface area contributed by atoms with Gasteiger partial charge in [0.05, 0.1) is 25.3 Å². The van der Waals surface area contributed by atoms with Gasteiger partial charge in [0.15, 0.2) is 0 Å². The van der Waals surface area contributed by atoms with Crippen molar-refractivity contribution in [3.63, 3.8) is 0 Å². The predicted molar refractivity (Wildman–Crippen MR) is 114 cm³/mol. The zero-order valence-electron chi connectivity index (χ0n) is 18.1. The van der Waals surface area contributed by atoms with Crippen LogP contribution in [0.1, 0.15) is 44.9 Å². The van der Waals surface area contributed by atoms with Crippen LogP contribution in [0.2, 0.25) is 0 Å². The third kappa shape index (κ3) is 5.36. The first-order valence-electron chi connectivity index (χ1n) is 10.0. The molecule has 1 saturated heterocycles. The fourth-order valence-corrected chi connectivity index (χ4v) is 3.61. The highest BCUT2D eigenvalue weighted by atomic mass is 16.5. The Labute approximate surface area is 180 Å². The molecule has 1 aromatic carbocycles. The van der Waals surface area contributed by atoms with Gasteiger partial charge < -0.3 is 19.7 Å². The van der Waals surface area contributed by atoms with E-state index in [2.05, 4.69) is 20.2 Å². The Morgan fingerprint density at radius 2 is 1.42 bits per heavy atom. The summed E-state index contributed by atoms with van der Waals surface area (Å²) < 4.78 is 9.46. The maximum absolute atomic E-state index is 12.8. The molecule has 2 aromatic rings. The van der Waals surface area contributed by atoms with E-state index in [1.54, 1.807) is 0 Å². The van der Waals surface area contributed by atoms with Crippen LogP contribution in [0.5, 0.6) is 0 Å². The molecule has 0 unspecified atom stereocenters. The number of carbonyl (C=O) groups excluding carboxylic acids is 3. The minimum atomic E-state index is -0.608. The van der Waals surface area contributed by atoms with E-state index in [0.717, 1.165) is 11.4 Å².